The molecule has 4 nitrogen and oxygen atoms in total. The fourth-order valence-electron chi connectivity index (χ4n) is 1.72. The molecule has 0 spiro atoms. The summed E-state index contributed by atoms with van der Waals surface area (Å²) in [5.41, 5.74) is 1.81. The molecule has 0 aliphatic rings. The van der Waals surface area contributed by atoms with Crippen molar-refractivity contribution in [2.75, 3.05) is 0 Å². The largest absolute Gasteiger partial charge is 0.388 e. The monoisotopic (exact) mass is 257 g/mol. The number of pyridine rings is 1. The quantitative estimate of drug-likeness (QED) is 0.757. The van der Waals surface area contributed by atoms with Gasteiger partial charge in [0.15, 0.2) is 0 Å². The van der Waals surface area contributed by atoms with E-state index in [1.54, 1.807) is 18.0 Å². The molecular weight excluding hydrogens is 246 g/mol. The van der Waals surface area contributed by atoms with Crippen molar-refractivity contribution in [1.82, 2.24) is 15.0 Å². The molecule has 0 saturated carbocycles. The Morgan fingerprint density at radius 2 is 2.17 bits per heavy atom. The highest BCUT2D eigenvalue weighted by Crippen LogP contribution is 2.28. The van der Waals surface area contributed by atoms with E-state index < -0.39 is 0 Å². The van der Waals surface area contributed by atoms with E-state index in [-0.39, 0.29) is 6.61 Å². The first-order valence-electron chi connectivity index (χ1n) is 5.52. The summed E-state index contributed by atoms with van der Waals surface area (Å²) in [4.78, 5) is 13.6. The summed E-state index contributed by atoms with van der Waals surface area (Å²) in [6, 6.07) is 9.93. The molecule has 0 unspecified atom stereocenters. The van der Waals surface area contributed by atoms with Crippen molar-refractivity contribution in [3.8, 4) is 0 Å². The number of hydrogen-bond acceptors (Lipinski definition) is 4. The van der Waals surface area contributed by atoms with E-state index in [1.807, 2.05) is 36.5 Å². The zero-order valence-electron chi connectivity index (χ0n) is 9.50. The molecule has 3 aromatic rings. The van der Waals surface area contributed by atoms with Gasteiger partial charge in [-0.05, 0) is 30.3 Å². The SMILES string of the molecule is OCc1nc2ccc(Sc3cccnc3)cc2[nH]1. The predicted molar refractivity (Wildman–Crippen MR) is 70.4 cm³/mol. The van der Waals surface area contributed by atoms with Gasteiger partial charge in [-0.25, -0.2) is 4.98 Å². The molecular formula is C13H11N3OS. The fourth-order valence-corrected chi connectivity index (χ4v) is 2.57. The first-order chi connectivity index (χ1) is 8.85. The highest BCUT2D eigenvalue weighted by molar-refractivity contribution is 7.99. The number of benzene rings is 1. The topological polar surface area (TPSA) is 61.8 Å². The van der Waals surface area contributed by atoms with Gasteiger partial charge < -0.3 is 10.1 Å². The lowest BCUT2D eigenvalue weighted by molar-refractivity contribution is 0.273. The van der Waals surface area contributed by atoms with Crippen molar-refractivity contribution in [3.63, 3.8) is 0 Å². The first-order valence-corrected chi connectivity index (χ1v) is 6.34. The molecule has 0 fully saturated rings. The van der Waals surface area contributed by atoms with E-state index in [0.29, 0.717) is 5.82 Å². The summed E-state index contributed by atoms with van der Waals surface area (Å²) in [6.07, 6.45) is 3.59. The summed E-state index contributed by atoms with van der Waals surface area (Å²) >= 11 is 1.65. The lowest BCUT2D eigenvalue weighted by atomic mass is 10.3. The number of aromatic amines is 1. The van der Waals surface area contributed by atoms with Gasteiger partial charge in [0.25, 0.3) is 0 Å². The maximum absolute atomic E-state index is 9.04. The molecule has 1 aromatic carbocycles. The third-order valence-corrected chi connectivity index (χ3v) is 3.49. The molecule has 5 heteroatoms. The molecule has 0 aliphatic carbocycles. The smallest absolute Gasteiger partial charge is 0.133 e. The maximum Gasteiger partial charge on any atom is 0.133 e. The molecule has 3 rings (SSSR count). The molecule has 0 amide bonds. The van der Waals surface area contributed by atoms with Crippen molar-refractivity contribution < 1.29 is 5.11 Å². The molecule has 18 heavy (non-hydrogen) atoms. The normalized spacial score (nSPS) is 10.9. The summed E-state index contributed by atoms with van der Waals surface area (Å²) in [6.45, 7) is -0.0697. The van der Waals surface area contributed by atoms with Gasteiger partial charge >= 0.3 is 0 Å². The summed E-state index contributed by atoms with van der Waals surface area (Å²) in [5, 5.41) is 9.04. The maximum atomic E-state index is 9.04. The van der Waals surface area contributed by atoms with Crippen LogP contribution in [0.2, 0.25) is 0 Å². The Kier molecular flexibility index (Phi) is 3.00. The molecule has 2 heterocycles. The second-order valence-electron chi connectivity index (χ2n) is 3.81. The Bertz CT molecular complexity index is 666. The van der Waals surface area contributed by atoms with Crippen LogP contribution in [0.25, 0.3) is 11.0 Å². The Balaban J connectivity index is 1.93. The minimum Gasteiger partial charge on any atom is -0.388 e. The van der Waals surface area contributed by atoms with Crippen LogP contribution in [-0.2, 0) is 6.61 Å². The summed E-state index contributed by atoms with van der Waals surface area (Å²) < 4.78 is 0. The van der Waals surface area contributed by atoms with Gasteiger partial charge in [0.1, 0.15) is 12.4 Å². The number of rotatable bonds is 3. The van der Waals surface area contributed by atoms with E-state index in [4.69, 9.17) is 5.11 Å². The Labute approximate surface area is 108 Å². The van der Waals surface area contributed by atoms with Crippen LogP contribution in [0.1, 0.15) is 5.82 Å². The van der Waals surface area contributed by atoms with E-state index >= 15 is 0 Å². The Hall–Kier alpha value is -1.85. The standard InChI is InChI=1S/C13H11N3OS/c17-8-13-15-11-4-3-9(6-12(11)16-13)18-10-2-1-5-14-7-10/h1-7,17H,8H2,(H,15,16). The lowest BCUT2D eigenvalue weighted by Crippen LogP contribution is -1.83. The van der Waals surface area contributed by atoms with Crippen LogP contribution < -0.4 is 0 Å². The van der Waals surface area contributed by atoms with E-state index in [1.165, 1.54) is 0 Å². The van der Waals surface area contributed by atoms with Crippen LogP contribution >= 0.6 is 11.8 Å². The third kappa shape index (κ3) is 2.23. The predicted octanol–water partition coefficient (Wildman–Crippen LogP) is 2.60. The highest BCUT2D eigenvalue weighted by Gasteiger charge is 2.04. The minimum absolute atomic E-state index is 0.0697. The van der Waals surface area contributed by atoms with Crippen molar-refractivity contribution in [1.29, 1.82) is 0 Å². The van der Waals surface area contributed by atoms with Crippen LogP contribution in [0.15, 0.2) is 52.5 Å². The van der Waals surface area contributed by atoms with Crippen molar-refractivity contribution in [2.45, 2.75) is 16.4 Å². The second-order valence-corrected chi connectivity index (χ2v) is 4.96. The number of H-pyrrole nitrogens is 1. The zero-order chi connectivity index (χ0) is 12.4. The van der Waals surface area contributed by atoms with Gasteiger partial charge in [-0.3, -0.25) is 4.98 Å². The molecule has 2 aromatic heterocycles. The number of aliphatic hydroxyl groups excluding tert-OH is 1. The van der Waals surface area contributed by atoms with Gasteiger partial charge in [0, 0.05) is 22.2 Å². The molecule has 0 atom stereocenters. The number of aromatic nitrogens is 3. The number of nitrogens with zero attached hydrogens (tertiary/aromatic N) is 2. The van der Waals surface area contributed by atoms with E-state index in [0.717, 1.165) is 20.8 Å². The van der Waals surface area contributed by atoms with Crippen LogP contribution in [0.5, 0.6) is 0 Å². The van der Waals surface area contributed by atoms with Crippen molar-refractivity contribution in [2.24, 2.45) is 0 Å². The van der Waals surface area contributed by atoms with Crippen LogP contribution in [0, 0.1) is 0 Å². The lowest BCUT2D eigenvalue weighted by Gasteiger charge is -2.00. The van der Waals surface area contributed by atoms with Gasteiger partial charge in [0.2, 0.25) is 0 Å². The second kappa shape index (κ2) is 4.80. The average molecular weight is 257 g/mol. The molecule has 0 bridgehead atoms. The molecule has 2 N–H and O–H groups in total. The van der Waals surface area contributed by atoms with Gasteiger partial charge in [-0.15, -0.1) is 0 Å². The number of hydrogen-bond donors (Lipinski definition) is 2. The highest BCUT2D eigenvalue weighted by atomic mass is 32.2. The molecule has 0 aliphatic heterocycles. The molecule has 0 saturated heterocycles. The first kappa shape index (κ1) is 11.3. The number of aliphatic hydroxyl groups is 1. The average Bonchev–Trinajstić information content (AvgIpc) is 2.82. The molecule has 90 valence electrons. The number of nitrogens with one attached hydrogen (secondary N) is 1. The zero-order valence-corrected chi connectivity index (χ0v) is 10.3. The summed E-state index contributed by atoms with van der Waals surface area (Å²) in [5.74, 6) is 0.591. The minimum atomic E-state index is -0.0697. The third-order valence-electron chi connectivity index (χ3n) is 2.52. The van der Waals surface area contributed by atoms with Gasteiger partial charge in [-0.1, -0.05) is 11.8 Å². The van der Waals surface area contributed by atoms with Crippen molar-refractivity contribution in [3.05, 3.63) is 48.5 Å². The fraction of sp³-hybridized carbons (Fsp3) is 0.0769. The number of imidazole rings is 1. The molecule has 0 radical (unpaired) electrons. The van der Waals surface area contributed by atoms with Crippen molar-refractivity contribution >= 4 is 22.8 Å². The Morgan fingerprint density at radius 3 is 2.94 bits per heavy atom. The number of fused-ring (bicyclic) bond motifs is 1. The van der Waals surface area contributed by atoms with Crippen LogP contribution in [0.4, 0.5) is 0 Å². The Morgan fingerprint density at radius 1 is 1.22 bits per heavy atom. The summed E-state index contributed by atoms with van der Waals surface area (Å²) in [7, 11) is 0. The van der Waals surface area contributed by atoms with Gasteiger partial charge in [0.05, 0.1) is 11.0 Å². The van der Waals surface area contributed by atoms with E-state index in [9.17, 15) is 0 Å². The van der Waals surface area contributed by atoms with E-state index in [2.05, 4.69) is 15.0 Å². The van der Waals surface area contributed by atoms with Gasteiger partial charge in [-0.2, -0.15) is 0 Å². The van der Waals surface area contributed by atoms with Crippen LogP contribution in [0.3, 0.4) is 0 Å². The van der Waals surface area contributed by atoms with Crippen LogP contribution in [-0.4, -0.2) is 20.1 Å².